The van der Waals surface area contributed by atoms with Crippen LogP contribution in [0.3, 0.4) is 0 Å². The molecule has 0 saturated carbocycles. The highest BCUT2D eigenvalue weighted by molar-refractivity contribution is 4.79. The third-order valence-electron chi connectivity index (χ3n) is 1.45. The van der Waals surface area contributed by atoms with Crippen LogP contribution in [0.1, 0.15) is 0 Å². The zero-order chi connectivity index (χ0) is 7.23. The van der Waals surface area contributed by atoms with Crippen molar-refractivity contribution in [2.45, 2.75) is 0 Å². The van der Waals surface area contributed by atoms with Gasteiger partial charge in [-0.15, -0.1) is 0 Å². The molecular weight excluding hydrogens is 130 g/mol. The van der Waals surface area contributed by atoms with E-state index >= 15 is 0 Å². The minimum atomic E-state index is 0.782. The Morgan fingerprint density at radius 3 is 3.20 bits per heavy atom. The van der Waals surface area contributed by atoms with Crippen molar-refractivity contribution in [2.75, 3.05) is 33.4 Å². The molecule has 0 fully saturated rings. The molecule has 3 heteroatoms. The molecular formula is C7H13NO2. The van der Waals surface area contributed by atoms with Crippen LogP contribution in [0.4, 0.5) is 0 Å². The lowest BCUT2D eigenvalue weighted by Gasteiger charge is -2.22. The lowest BCUT2D eigenvalue weighted by molar-refractivity contribution is 0.132. The minimum Gasteiger partial charge on any atom is -0.498 e. The summed E-state index contributed by atoms with van der Waals surface area (Å²) in [7, 11) is 1.71. The second kappa shape index (κ2) is 4.17. The standard InChI is InChI=1S/C7H13NO2/c1-9-5-2-8-3-6-10-7-4-8/h3,6H,2,4-5,7H2,1H3. The van der Waals surface area contributed by atoms with E-state index in [0.29, 0.717) is 0 Å². The van der Waals surface area contributed by atoms with Crippen molar-refractivity contribution in [3.63, 3.8) is 0 Å². The number of hydrogen-bond acceptors (Lipinski definition) is 3. The second-order valence-corrected chi connectivity index (χ2v) is 2.18. The van der Waals surface area contributed by atoms with E-state index in [1.54, 1.807) is 13.4 Å². The molecule has 1 heterocycles. The smallest absolute Gasteiger partial charge is 0.105 e. The molecule has 1 aliphatic heterocycles. The molecule has 1 aliphatic rings. The van der Waals surface area contributed by atoms with Gasteiger partial charge in [0.2, 0.25) is 0 Å². The summed E-state index contributed by atoms with van der Waals surface area (Å²) >= 11 is 0. The summed E-state index contributed by atoms with van der Waals surface area (Å²) in [5.74, 6) is 0. The van der Waals surface area contributed by atoms with Crippen molar-refractivity contribution >= 4 is 0 Å². The summed E-state index contributed by atoms with van der Waals surface area (Å²) in [5.41, 5.74) is 0. The zero-order valence-corrected chi connectivity index (χ0v) is 6.25. The van der Waals surface area contributed by atoms with E-state index < -0.39 is 0 Å². The van der Waals surface area contributed by atoms with Gasteiger partial charge in [-0.1, -0.05) is 0 Å². The van der Waals surface area contributed by atoms with Crippen LogP contribution in [0.15, 0.2) is 12.5 Å². The van der Waals surface area contributed by atoms with Crippen LogP contribution in [0.25, 0.3) is 0 Å². The van der Waals surface area contributed by atoms with Gasteiger partial charge in [-0.2, -0.15) is 0 Å². The lowest BCUT2D eigenvalue weighted by atomic mass is 10.5. The first-order valence-corrected chi connectivity index (χ1v) is 3.45. The molecule has 3 nitrogen and oxygen atoms in total. The quantitative estimate of drug-likeness (QED) is 0.572. The molecule has 0 atom stereocenters. The first kappa shape index (κ1) is 7.41. The summed E-state index contributed by atoms with van der Waals surface area (Å²) in [6.07, 6.45) is 3.67. The SMILES string of the molecule is COCCN1C=COCC1. The average Bonchev–Trinajstić information content (AvgIpc) is 2.03. The van der Waals surface area contributed by atoms with E-state index in [4.69, 9.17) is 9.47 Å². The van der Waals surface area contributed by atoms with Gasteiger partial charge in [-0.3, -0.25) is 0 Å². The van der Waals surface area contributed by atoms with Gasteiger partial charge in [-0.05, 0) is 0 Å². The molecule has 0 N–H and O–H groups in total. The van der Waals surface area contributed by atoms with Crippen LogP contribution >= 0.6 is 0 Å². The van der Waals surface area contributed by atoms with Gasteiger partial charge in [0.05, 0.1) is 19.4 Å². The largest absolute Gasteiger partial charge is 0.498 e. The van der Waals surface area contributed by atoms with Crippen LogP contribution in [-0.4, -0.2) is 38.3 Å². The number of methoxy groups -OCH3 is 1. The third-order valence-corrected chi connectivity index (χ3v) is 1.45. The number of ether oxygens (including phenoxy) is 2. The molecule has 0 bridgehead atoms. The van der Waals surface area contributed by atoms with Gasteiger partial charge < -0.3 is 14.4 Å². The molecule has 0 saturated heterocycles. The Bertz CT molecular complexity index is 114. The van der Waals surface area contributed by atoms with E-state index in [2.05, 4.69) is 4.90 Å². The van der Waals surface area contributed by atoms with Crippen LogP contribution < -0.4 is 0 Å². The lowest BCUT2D eigenvalue weighted by Crippen LogP contribution is -2.28. The Hall–Kier alpha value is -0.700. The molecule has 0 radical (unpaired) electrons. The molecule has 0 aromatic carbocycles. The van der Waals surface area contributed by atoms with Crippen molar-refractivity contribution in [3.05, 3.63) is 12.5 Å². The Morgan fingerprint density at radius 1 is 1.70 bits per heavy atom. The third kappa shape index (κ3) is 2.27. The van der Waals surface area contributed by atoms with Gasteiger partial charge in [-0.25, -0.2) is 0 Å². The maximum atomic E-state index is 5.02. The molecule has 0 aromatic heterocycles. The highest BCUT2D eigenvalue weighted by Crippen LogP contribution is 1.96. The molecule has 0 aliphatic carbocycles. The van der Waals surface area contributed by atoms with Gasteiger partial charge in [0.1, 0.15) is 6.61 Å². The summed E-state index contributed by atoms with van der Waals surface area (Å²) < 4.78 is 9.94. The second-order valence-electron chi connectivity index (χ2n) is 2.18. The predicted octanol–water partition coefficient (Wildman–Crippen LogP) is 0.436. The Balaban J connectivity index is 2.13. The first-order chi connectivity index (χ1) is 4.93. The molecule has 0 spiro atoms. The summed E-state index contributed by atoms with van der Waals surface area (Å²) in [6.45, 7) is 3.50. The summed E-state index contributed by atoms with van der Waals surface area (Å²) in [4.78, 5) is 2.17. The molecule has 1 rings (SSSR count). The van der Waals surface area contributed by atoms with Crippen molar-refractivity contribution in [2.24, 2.45) is 0 Å². The molecule has 0 unspecified atom stereocenters. The predicted molar refractivity (Wildman–Crippen MR) is 38.5 cm³/mol. The monoisotopic (exact) mass is 143 g/mol. The molecule has 0 amide bonds. The maximum absolute atomic E-state index is 5.02. The van der Waals surface area contributed by atoms with Crippen LogP contribution in [0.5, 0.6) is 0 Å². The molecule has 0 aromatic rings. The van der Waals surface area contributed by atoms with E-state index in [-0.39, 0.29) is 0 Å². The Labute approximate surface area is 61.2 Å². The van der Waals surface area contributed by atoms with Gasteiger partial charge in [0.15, 0.2) is 0 Å². The highest BCUT2D eigenvalue weighted by atomic mass is 16.5. The number of hydrogen-bond donors (Lipinski definition) is 0. The van der Waals surface area contributed by atoms with Gasteiger partial charge >= 0.3 is 0 Å². The fraction of sp³-hybridized carbons (Fsp3) is 0.714. The molecule has 10 heavy (non-hydrogen) atoms. The topological polar surface area (TPSA) is 21.7 Å². The summed E-state index contributed by atoms with van der Waals surface area (Å²) in [6, 6.07) is 0. The number of nitrogens with zero attached hydrogens (tertiary/aromatic N) is 1. The molecule has 58 valence electrons. The van der Waals surface area contributed by atoms with Crippen LogP contribution in [-0.2, 0) is 9.47 Å². The normalized spacial score (nSPS) is 17.1. The fourth-order valence-corrected chi connectivity index (χ4v) is 0.837. The Morgan fingerprint density at radius 2 is 2.60 bits per heavy atom. The van der Waals surface area contributed by atoms with Crippen molar-refractivity contribution in [1.82, 2.24) is 4.90 Å². The highest BCUT2D eigenvalue weighted by Gasteiger charge is 2.01. The van der Waals surface area contributed by atoms with Crippen molar-refractivity contribution < 1.29 is 9.47 Å². The van der Waals surface area contributed by atoms with Crippen molar-refractivity contribution in [1.29, 1.82) is 0 Å². The van der Waals surface area contributed by atoms with E-state index in [0.717, 1.165) is 26.3 Å². The summed E-state index contributed by atoms with van der Waals surface area (Å²) in [5, 5.41) is 0. The van der Waals surface area contributed by atoms with Crippen molar-refractivity contribution in [3.8, 4) is 0 Å². The zero-order valence-electron chi connectivity index (χ0n) is 6.25. The minimum absolute atomic E-state index is 0.782. The fourth-order valence-electron chi connectivity index (χ4n) is 0.837. The average molecular weight is 143 g/mol. The Kier molecular flexibility index (Phi) is 3.09. The van der Waals surface area contributed by atoms with Gasteiger partial charge in [0, 0.05) is 19.9 Å². The maximum Gasteiger partial charge on any atom is 0.105 e. The van der Waals surface area contributed by atoms with E-state index in [1.807, 2.05) is 6.20 Å². The van der Waals surface area contributed by atoms with Crippen LogP contribution in [0.2, 0.25) is 0 Å². The first-order valence-electron chi connectivity index (χ1n) is 3.45. The van der Waals surface area contributed by atoms with Crippen LogP contribution in [0, 0.1) is 0 Å². The van der Waals surface area contributed by atoms with E-state index in [1.165, 1.54) is 0 Å². The van der Waals surface area contributed by atoms with Gasteiger partial charge in [0.25, 0.3) is 0 Å². The number of rotatable bonds is 3. The van der Waals surface area contributed by atoms with E-state index in [9.17, 15) is 0 Å².